The molecule has 20 heavy (non-hydrogen) atoms. The Morgan fingerprint density at radius 3 is 2.60 bits per heavy atom. The molecule has 1 heterocycles. The molecule has 0 spiro atoms. The van der Waals surface area contributed by atoms with Gasteiger partial charge < -0.3 is 10.2 Å². The Morgan fingerprint density at radius 1 is 1.30 bits per heavy atom. The van der Waals surface area contributed by atoms with E-state index in [2.05, 4.69) is 10.2 Å². The summed E-state index contributed by atoms with van der Waals surface area (Å²) in [5, 5.41) is 3.49. The molecular weight excluding hydrogens is 272 g/mol. The average molecular weight is 297 g/mol. The molecular formula is C16H25ClN2O. The van der Waals surface area contributed by atoms with E-state index in [0.29, 0.717) is 0 Å². The normalized spacial score (nSPS) is 15.1. The molecule has 0 saturated carbocycles. The van der Waals surface area contributed by atoms with Crippen LogP contribution in [0.25, 0.3) is 0 Å². The molecule has 1 aliphatic heterocycles. The monoisotopic (exact) mass is 296 g/mol. The zero-order valence-corrected chi connectivity index (χ0v) is 13.0. The Labute approximate surface area is 127 Å². The Morgan fingerprint density at radius 2 is 2.05 bits per heavy atom. The predicted molar refractivity (Wildman–Crippen MR) is 85.2 cm³/mol. The molecule has 1 aromatic carbocycles. The van der Waals surface area contributed by atoms with E-state index in [9.17, 15) is 4.79 Å². The fourth-order valence-corrected chi connectivity index (χ4v) is 2.50. The molecule has 1 saturated heterocycles. The van der Waals surface area contributed by atoms with E-state index >= 15 is 0 Å². The zero-order chi connectivity index (χ0) is 14.6. The molecule has 1 aliphatic rings. The third kappa shape index (κ3) is 8.18. The lowest BCUT2D eigenvalue weighted by Crippen LogP contribution is -2.32. The number of rotatable bonds is 5. The van der Waals surface area contributed by atoms with Crippen LogP contribution in [-0.2, 0) is 4.79 Å². The van der Waals surface area contributed by atoms with Crippen molar-refractivity contribution in [2.45, 2.75) is 32.6 Å². The lowest BCUT2D eigenvalue weighted by molar-refractivity contribution is -0.109. The number of likely N-dealkylation sites (tertiary alicyclic amines) is 1. The van der Waals surface area contributed by atoms with Crippen LogP contribution < -0.4 is 5.32 Å². The van der Waals surface area contributed by atoms with Gasteiger partial charge >= 0.3 is 0 Å². The van der Waals surface area contributed by atoms with Gasteiger partial charge in [-0.05, 0) is 63.5 Å². The number of halogens is 1. The van der Waals surface area contributed by atoms with Crippen molar-refractivity contribution in [3.05, 3.63) is 34.9 Å². The van der Waals surface area contributed by atoms with Crippen LogP contribution in [0.5, 0.6) is 0 Å². The molecule has 1 aromatic rings. The largest absolute Gasteiger partial charge is 0.359 e. The van der Waals surface area contributed by atoms with Crippen molar-refractivity contribution >= 4 is 18.0 Å². The van der Waals surface area contributed by atoms with Crippen LogP contribution in [0.4, 0.5) is 0 Å². The SMILES string of the molecule is Cc1cccc(Cl)c1.O=CNCCCN1CCCCC1. The number of benzene rings is 1. The second kappa shape index (κ2) is 10.7. The molecule has 4 heteroatoms. The van der Waals surface area contributed by atoms with Crippen LogP contribution in [0.1, 0.15) is 31.2 Å². The van der Waals surface area contributed by atoms with Gasteiger partial charge in [0.05, 0.1) is 0 Å². The maximum absolute atomic E-state index is 9.93. The zero-order valence-electron chi connectivity index (χ0n) is 12.3. The molecule has 0 atom stereocenters. The number of amides is 1. The van der Waals surface area contributed by atoms with Crippen LogP contribution in [0, 0.1) is 6.92 Å². The first kappa shape index (κ1) is 17.0. The van der Waals surface area contributed by atoms with Crippen molar-refractivity contribution in [1.29, 1.82) is 0 Å². The highest BCUT2D eigenvalue weighted by Gasteiger charge is 2.08. The van der Waals surface area contributed by atoms with E-state index in [4.69, 9.17) is 11.6 Å². The highest BCUT2D eigenvalue weighted by atomic mass is 35.5. The number of carbonyl (C=O) groups is 1. The molecule has 0 aromatic heterocycles. The number of nitrogens with one attached hydrogen (secondary N) is 1. The van der Waals surface area contributed by atoms with E-state index in [1.54, 1.807) is 0 Å². The van der Waals surface area contributed by atoms with Gasteiger partial charge in [-0.25, -0.2) is 0 Å². The highest BCUT2D eigenvalue weighted by Crippen LogP contribution is 2.09. The summed E-state index contributed by atoms with van der Waals surface area (Å²) in [6, 6.07) is 7.76. The van der Waals surface area contributed by atoms with Gasteiger partial charge in [-0.3, -0.25) is 4.79 Å². The molecule has 0 radical (unpaired) electrons. The molecule has 1 amide bonds. The summed E-state index contributed by atoms with van der Waals surface area (Å²) in [5.41, 5.74) is 1.21. The summed E-state index contributed by atoms with van der Waals surface area (Å²) in [7, 11) is 0. The van der Waals surface area contributed by atoms with Gasteiger partial charge in [0.15, 0.2) is 0 Å². The molecule has 0 aliphatic carbocycles. The van der Waals surface area contributed by atoms with Crippen LogP contribution >= 0.6 is 11.6 Å². The number of hydrogen-bond donors (Lipinski definition) is 1. The van der Waals surface area contributed by atoms with Gasteiger partial charge in [-0.1, -0.05) is 30.2 Å². The maximum Gasteiger partial charge on any atom is 0.207 e. The maximum atomic E-state index is 9.93. The van der Waals surface area contributed by atoms with Crippen molar-refractivity contribution in [3.8, 4) is 0 Å². The van der Waals surface area contributed by atoms with E-state index in [0.717, 1.165) is 30.9 Å². The minimum Gasteiger partial charge on any atom is -0.359 e. The molecule has 0 unspecified atom stereocenters. The number of hydrogen-bond acceptors (Lipinski definition) is 2. The second-order valence-electron chi connectivity index (χ2n) is 5.13. The third-order valence-corrected chi connectivity index (χ3v) is 3.54. The Hall–Kier alpha value is -1.06. The summed E-state index contributed by atoms with van der Waals surface area (Å²) < 4.78 is 0. The van der Waals surface area contributed by atoms with Gasteiger partial charge in [-0.15, -0.1) is 0 Å². The van der Waals surface area contributed by atoms with Crippen molar-refractivity contribution in [2.24, 2.45) is 0 Å². The standard InChI is InChI=1S/C9H18N2O.C7H7Cl/c12-9-10-5-4-8-11-6-2-1-3-7-11;1-6-3-2-4-7(8)5-6/h9H,1-8H2,(H,10,12);2-5H,1H3. The molecule has 112 valence electrons. The number of piperidine rings is 1. The van der Waals surface area contributed by atoms with Gasteiger partial charge in [0.2, 0.25) is 6.41 Å². The van der Waals surface area contributed by atoms with Gasteiger partial charge in [0.25, 0.3) is 0 Å². The smallest absolute Gasteiger partial charge is 0.207 e. The minimum absolute atomic E-state index is 0.774. The molecule has 3 nitrogen and oxygen atoms in total. The Bertz CT molecular complexity index is 361. The first-order chi connectivity index (χ1) is 9.72. The fraction of sp³-hybridized carbons (Fsp3) is 0.562. The van der Waals surface area contributed by atoms with Crippen LogP contribution in [0.15, 0.2) is 24.3 Å². The van der Waals surface area contributed by atoms with Crippen molar-refractivity contribution in [1.82, 2.24) is 10.2 Å². The minimum atomic E-state index is 0.774. The molecule has 2 rings (SSSR count). The van der Waals surface area contributed by atoms with Gasteiger partial charge in [-0.2, -0.15) is 0 Å². The molecule has 1 N–H and O–H groups in total. The van der Waals surface area contributed by atoms with Crippen molar-refractivity contribution in [2.75, 3.05) is 26.2 Å². The first-order valence-electron chi connectivity index (χ1n) is 7.34. The summed E-state index contributed by atoms with van der Waals surface area (Å²) in [4.78, 5) is 12.4. The first-order valence-corrected chi connectivity index (χ1v) is 7.71. The lowest BCUT2D eigenvalue weighted by atomic mass is 10.1. The van der Waals surface area contributed by atoms with Gasteiger partial charge in [0.1, 0.15) is 0 Å². The van der Waals surface area contributed by atoms with Crippen LogP contribution in [0.3, 0.4) is 0 Å². The molecule has 1 fully saturated rings. The topological polar surface area (TPSA) is 32.3 Å². The van der Waals surface area contributed by atoms with Crippen LogP contribution in [-0.4, -0.2) is 37.5 Å². The number of carbonyl (C=O) groups excluding carboxylic acids is 1. The van der Waals surface area contributed by atoms with Crippen LogP contribution in [0.2, 0.25) is 5.02 Å². The number of aryl methyl sites for hydroxylation is 1. The summed E-state index contributed by atoms with van der Waals surface area (Å²) in [5.74, 6) is 0. The Balaban J connectivity index is 0.000000217. The summed E-state index contributed by atoms with van der Waals surface area (Å²) >= 11 is 5.64. The van der Waals surface area contributed by atoms with E-state index in [1.807, 2.05) is 31.2 Å². The molecule has 0 bridgehead atoms. The van der Waals surface area contributed by atoms with E-state index < -0.39 is 0 Å². The van der Waals surface area contributed by atoms with Gasteiger partial charge in [0, 0.05) is 11.6 Å². The summed E-state index contributed by atoms with van der Waals surface area (Å²) in [6.07, 6.45) is 5.94. The average Bonchev–Trinajstić information content (AvgIpc) is 2.45. The predicted octanol–water partition coefficient (Wildman–Crippen LogP) is 3.26. The Kier molecular flexibility index (Phi) is 9.09. The quantitative estimate of drug-likeness (QED) is 0.668. The van der Waals surface area contributed by atoms with Crippen molar-refractivity contribution < 1.29 is 4.79 Å². The lowest BCUT2D eigenvalue weighted by Gasteiger charge is -2.26. The third-order valence-electron chi connectivity index (χ3n) is 3.31. The summed E-state index contributed by atoms with van der Waals surface area (Å²) in [6.45, 7) is 6.48. The second-order valence-corrected chi connectivity index (χ2v) is 5.56. The number of nitrogens with zero attached hydrogens (tertiary/aromatic N) is 1. The van der Waals surface area contributed by atoms with E-state index in [1.165, 1.54) is 37.9 Å². The van der Waals surface area contributed by atoms with E-state index in [-0.39, 0.29) is 0 Å². The van der Waals surface area contributed by atoms with Crippen molar-refractivity contribution in [3.63, 3.8) is 0 Å². The fourth-order valence-electron chi connectivity index (χ4n) is 2.25. The highest BCUT2D eigenvalue weighted by molar-refractivity contribution is 6.30.